The summed E-state index contributed by atoms with van der Waals surface area (Å²) in [6.45, 7) is 1.30. The number of nitrogens with two attached hydrogens (primary N) is 1. The van der Waals surface area contributed by atoms with Crippen molar-refractivity contribution >= 4 is 17.0 Å². The lowest BCUT2D eigenvalue weighted by Gasteiger charge is -2.26. The number of nitrogens with zero attached hydrogens (tertiary/aromatic N) is 1. The lowest BCUT2D eigenvalue weighted by atomic mass is 9.94. The van der Waals surface area contributed by atoms with Crippen molar-refractivity contribution in [1.29, 1.82) is 0 Å². The average Bonchev–Trinajstić information content (AvgIpc) is 2.87. The Kier molecular flexibility index (Phi) is 4.36. The Morgan fingerprint density at radius 3 is 2.95 bits per heavy atom. The largest absolute Gasteiger partial charge is 0.376 e. The highest BCUT2D eigenvalue weighted by Crippen LogP contribution is 2.19. The summed E-state index contributed by atoms with van der Waals surface area (Å²) in [5, 5.41) is 3.16. The first-order chi connectivity index (χ1) is 10.2. The van der Waals surface area contributed by atoms with Crippen molar-refractivity contribution in [2.45, 2.75) is 37.8 Å². The average molecular weight is 292 g/mol. The molecular weight excluding hydrogens is 271 g/mol. The van der Waals surface area contributed by atoms with Crippen LogP contribution in [0, 0.1) is 5.82 Å². The molecule has 6 heteroatoms. The molecule has 2 aromatic rings. The fourth-order valence-corrected chi connectivity index (χ4v) is 2.72. The smallest absolute Gasteiger partial charge is 0.201 e. The molecule has 1 aliphatic carbocycles. The van der Waals surface area contributed by atoms with E-state index in [9.17, 15) is 4.39 Å². The second kappa shape index (κ2) is 6.41. The van der Waals surface area contributed by atoms with Gasteiger partial charge in [0.05, 0.1) is 23.7 Å². The van der Waals surface area contributed by atoms with Gasteiger partial charge in [-0.3, -0.25) is 0 Å². The zero-order chi connectivity index (χ0) is 14.7. The third-order valence-electron chi connectivity index (χ3n) is 3.91. The Morgan fingerprint density at radius 2 is 2.14 bits per heavy atom. The van der Waals surface area contributed by atoms with E-state index < -0.39 is 0 Å². The Hall–Kier alpha value is -1.66. The van der Waals surface area contributed by atoms with Crippen molar-refractivity contribution < 1.29 is 9.13 Å². The van der Waals surface area contributed by atoms with Crippen molar-refractivity contribution in [2.24, 2.45) is 5.73 Å². The Bertz CT molecular complexity index is 592. The molecule has 1 aliphatic rings. The number of imidazole rings is 1. The Morgan fingerprint density at radius 1 is 1.33 bits per heavy atom. The molecule has 0 atom stereocenters. The van der Waals surface area contributed by atoms with Crippen LogP contribution in [0.3, 0.4) is 0 Å². The molecule has 5 nitrogen and oxygen atoms in total. The van der Waals surface area contributed by atoms with E-state index in [1.54, 1.807) is 6.07 Å². The standard InChI is InChI=1S/C15H21FN4O/c16-10-1-6-13-14(9-10)20-15(19-13)18-7-8-21-12-4-2-11(17)3-5-12/h1,6,9,11-12H,2-5,7-8,17H2,(H2,18,19,20). The summed E-state index contributed by atoms with van der Waals surface area (Å²) in [4.78, 5) is 7.39. The third kappa shape index (κ3) is 3.71. The zero-order valence-corrected chi connectivity index (χ0v) is 11.9. The summed E-state index contributed by atoms with van der Waals surface area (Å²) in [7, 11) is 0. The quantitative estimate of drug-likeness (QED) is 0.740. The van der Waals surface area contributed by atoms with Crippen molar-refractivity contribution in [1.82, 2.24) is 9.97 Å². The molecule has 0 aliphatic heterocycles. The van der Waals surface area contributed by atoms with Crippen LogP contribution in [0.2, 0.25) is 0 Å². The number of rotatable bonds is 5. The lowest BCUT2D eigenvalue weighted by molar-refractivity contribution is 0.0312. The number of H-pyrrole nitrogens is 1. The number of benzene rings is 1. The predicted molar refractivity (Wildman–Crippen MR) is 80.7 cm³/mol. The summed E-state index contributed by atoms with van der Waals surface area (Å²) >= 11 is 0. The summed E-state index contributed by atoms with van der Waals surface area (Å²) in [5.74, 6) is 0.376. The molecule has 1 aromatic heterocycles. The molecule has 21 heavy (non-hydrogen) atoms. The number of halogens is 1. The van der Waals surface area contributed by atoms with Gasteiger partial charge in [-0.2, -0.15) is 0 Å². The normalized spacial score (nSPS) is 22.6. The van der Waals surface area contributed by atoms with Crippen molar-refractivity contribution in [3.05, 3.63) is 24.0 Å². The molecule has 3 rings (SSSR count). The van der Waals surface area contributed by atoms with Gasteiger partial charge in [-0.05, 0) is 43.9 Å². The molecule has 1 fully saturated rings. The highest BCUT2D eigenvalue weighted by Gasteiger charge is 2.18. The van der Waals surface area contributed by atoms with E-state index in [1.165, 1.54) is 12.1 Å². The first-order valence-electron chi connectivity index (χ1n) is 7.47. The molecule has 0 spiro atoms. The number of ether oxygens (including phenoxy) is 1. The van der Waals surface area contributed by atoms with Gasteiger partial charge in [0, 0.05) is 12.6 Å². The molecule has 0 radical (unpaired) electrons. The van der Waals surface area contributed by atoms with E-state index in [2.05, 4.69) is 15.3 Å². The van der Waals surface area contributed by atoms with Crippen molar-refractivity contribution in [2.75, 3.05) is 18.5 Å². The molecule has 1 saturated carbocycles. The number of aromatic amines is 1. The fourth-order valence-electron chi connectivity index (χ4n) is 2.72. The molecular formula is C15H21FN4O. The van der Waals surface area contributed by atoms with E-state index >= 15 is 0 Å². The maximum absolute atomic E-state index is 13.1. The van der Waals surface area contributed by atoms with E-state index in [1.807, 2.05) is 0 Å². The van der Waals surface area contributed by atoms with E-state index in [0.717, 1.165) is 31.2 Å². The Balaban J connectivity index is 1.44. The molecule has 114 valence electrons. The molecule has 0 bridgehead atoms. The van der Waals surface area contributed by atoms with Crippen LogP contribution in [0.1, 0.15) is 25.7 Å². The van der Waals surface area contributed by atoms with E-state index in [4.69, 9.17) is 10.5 Å². The van der Waals surface area contributed by atoms with Crippen LogP contribution in [0.25, 0.3) is 11.0 Å². The topological polar surface area (TPSA) is 76.0 Å². The number of anilines is 1. The van der Waals surface area contributed by atoms with Crippen LogP contribution in [-0.2, 0) is 4.74 Å². The second-order valence-electron chi connectivity index (χ2n) is 5.58. The molecule has 0 amide bonds. The van der Waals surface area contributed by atoms with Gasteiger partial charge in [-0.1, -0.05) is 0 Å². The number of fused-ring (bicyclic) bond motifs is 1. The van der Waals surface area contributed by atoms with Gasteiger partial charge in [-0.25, -0.2) is 9.37 Å². The molecule has 0 saturated heterocycles. The second-order valence-corrected chi connectivity index (χ2v) is 5.58. The fraction of sp³-hybridized carbons (Fsp3) is 0.533. The summed E-state index contributed by atoms with van der Waals surface area (Å²) in [6, 6.07) is 4.85. The van der Waals surface area contributed by atoms with Crippen LogP contribution in [0.15, 0.2) is 18.2 Å². The van der Waals surface area contributed by atoms with Gasteiger partial charge in [0.25, 0.3) is 0 Å². The molecule has 0 unspecified atom stereocenters. The predicted octanol–water partition coefficient (Wildman–Crippen LogP) is 2.40. The number of nitrogens with one attached hydrogen (secondary N) is 2. The van der Waals surface area contributed by atoms with Crippen LogP contribution in [0.5, 0.6) is 0 Å². The highest BCUT2D eigenvalue weighted by molar-refractivity contribution is 5.77. The Labute approximate surface area is 123 Å². The molecule has 1 heterocycles. The maximum atomic E-state index is 13.1. The van der Waals surface area contributed by atoms with Gasteiger partial charge in [0.15, 0.2) is 0 Å². The monoisotopic (exact) mass is 292 g/mol. The summed E-state index contributed by atoms with van der Waals surface area (Å²) < 4.78 is 18.9. The van der Waals surface area contributed by atoms with Crippen LogP contribution in [0.4, 0.5) is 10.3 Å². The number of aromatic nitrogens is 2. The lowest BCUT2D eigenvalue weighted by Crippen LogP contribution is -2.31. The first-order valence-corrected chi connectivity index (χ1v) is 7.47. The van der Waals surface area contributed by atoms with Gasteiger partial charge >= 0.3 is 0 Å². The summed E-state index contributed by atoms with van der Waals surface area (Å²) in [6.07, 6.45) is 4.52. The van der Waals surface area contributed by atoms with Gasteiger partial charge in [0.2, 0.25) is 5.95 Å². The number of hydrogen-bond acceptors (Lipinski definition) is 4. The van der Waals surface area contributed by atoms with Gasteiger partial charge in [-0.15, -0.1) is 0 Å². The minimum absolute atomic E-state index is 0.267. The van der Waals surface area contributed by atoms with E-state index in [0.29, 0.717) is 36.8 Å². The van der Waals surface area contributed by atoms with E-state index in [-0.39, 0.29) is 5.82 Å². The molecule has 4 N–H and O–H groups in total. The van der Waals surface area contributed by atoms with Crippen molar-refractivity contribution in [3.63, 3.8) is 0 Å². The highest BCUT2D eigenvalue weighted by atomic mass is 19.1. The van der Waals surface area contributed by atoms with Gasteiger partial charge < -0.3 is 20.8 Å². The SMILES string of the molecule is NC1CCC(OCCNc2nc3ccc(F)cc3[nH]2)CC1. The van der Waals surface area contributed by atoms with Crippen LogP contribution in [-0.4, -0.2) is 35.3 Å². The number of hydrogen-bond donors (Lipinski definition) is 3. The van der Waals surface area contributed by atoms with Gasteiger partial charge in [0.1, 0.15) is 5.82 Å². The molecule has 1 aromatic carbocycles. The minimum atomic E-state index is -0.267. The maximum Gasteiger partial charge on any atom is 0.201 e. The van der Waals surface area contributed by atoms with Crippen LogP contribution < -0.4 is 11.1 Å². The van der Waals surface area contributed by atoms with Crippen molar-refractivity contribution in [3.8, 4) is 0 Å². The zero-order valence-electron chi connectivity index (χ0n) is 11.9. The van der Waals surface area contributed by atoms with Crippen LogP contribution >= 0.6 is 0 Å². The first kappa shape index (κ1) is 14.3. The third-order valence-corrected chi connectivity index (χ3v) is 3.91. The minimum Gasteiger partial charge on any atom is -0.376 e. The summed E-state index contributed by atoms with van der Waals surface area (Å²) in [5.41, 5.74) is 7.31.